The van der Waals surface area contributed by atoms with Gasteiger partial charge in [-0.1, -0.05) is 72.8 Å². The number of para-hydroxylation sites is 2. The minimum absolute atomic E-state index is 0.0812. The summed E-state index contributed by atoms with van der Waals surface area (Å²) in [4.78, 5) is 26.1. The molecule has 0 fully saturated rings. The zero-order valence-corrected chi connectivity index (χ0v) is 20.2. The van der Waals surface area contributed by atoms with E-state index in [2.05, 4.69) is 15.4 Å². The first kappa shape index (κ1) is 24.7. The molecule has 0 aliphatic carbocycles. The number of carbonyl (C=O) groups is 2. The molecule has 0 aliphatic heterocycles. The van der Waals surface area contributed by atoms with Crippen LogP contribution in [0.25, 0.3) is 0 Å². The molecule has 0 bridgehead atoms. The third kappa shape index (κ3) is 6.17. The van der Waals surface area contributed by atoms with Crippen LogP contribution in [0.15, 0.2) is 114 Å². The standard InChI is InChI=1S/C28H25N3O4S/c32-27(29-20-19-21-11-3-1-4-12-21)23-15-7-9-17-25(23)30-28(33)24-16-8-10-18-26(24)31-36(34,35)22-13-5-2-6-14-22/h1-18,31H,19-20H2,(H,29,32)(H,30,33). The predicted molar refractivity (Wildman–Crippen MR) is 141 cm³/mol. The van der Waals surface area contributed by atoms with Crippen molar-refractivity contribution in [2.75, 3.05) is 16.6 Å². The highest BCUT2D eigenvalue weighted by Crippen LogP contribution is 2.23. The van der Waals surface area contributed by atoms with Crippen LogP contribution in [0.1, 0.15) is 26.3 Å². The first-order valence-corrected chi connectivity index (χ1v) is 12.8. The molecule has 3 N–H and O–H groups in total. The van der Waals surface area contributed by atoms with E-state index >= 15 is 0 Å². The maximum absolute atomic E-state index is 13.2. The van der Waals surface area contributed by atoms with Crippen LogP contribution in [-0.2, 0) is 16.4 Å². The zero-order valence-electron chi connectivity index (χ0n) is 19.3. The molecule has 0 saturated carbocycles. The lowest BCUT2D eigenvalue weighted by atomic mass is 10.1. The molecule has 0 heterocycles. The number of carbonyl (C=O) groups excluding carboxylic acids is 2. The first-order chi connectivity index (χ1) is 17.4. The van der Waals surface area contributed by atoms with Crippen molar-refractivity contribution in [3.05, 3.63) is 126 Å². The highest BCUT2D eigenvalue weighted by Gasteiger charge is 2.20. The quantitative estimate of drug-likeness (QED) is 0.310. The van der Waals surface area contributed by atoms with Gasteiger partial charge in [0, 0.05) is 6.54 Å². The van der Waals surface area contributed by atoms with Crippen LogP contribution in [0.2, 0.25) is 0 Å². The van der Waals surface area contributed by atoms with E-state index in [-0.39, 0.29) is 22.1 Å². The van der Waals surface area contributed by atoms with Gasteiger partial charge in [-0.3, -0.25) is 14.3 Å². The summed E-state index contributed by atoms with van der Waals surface area (Å²) in [6.07, 6.45) is 0.677. The minimum atomic E-state index is -3.89. The summed E-state index contributed by atoms with van der Waals surface area (Å²) in [6.45, 7) is 0.440. The highest BCUT2D eigenvalue weighted by molar-refractivity contribution is 7.92. The van der Waals surface area contributed by atoms with Gasteiger partial charge >= 0.3 is 0 Å². The topological polar surface area (TPSA) is 104 Å². The van der Waals surface area contributed by atoms with Crippen LogP contribution in [0.3, 0.4) is 0 Å². The van der Waals surface area contributed by atoms with E-state index in [1.165, 1.54) is 24.3 Å². The molecule has 182 valence electrons. The fourth-order valence-corrected chi connectivity index (χ4v) is 4.71. The number of nitrogens with one attached hydrogen (secondary N) is 3. The molecule has 0 unspecified atom stereocenters. The minimum Gasteiger partial charge on any atom is -0.352 e. The number of anilines is 2. The van der Waals surface area contributed by atoms with Gasteiger partial charge in [0.15, 0.2) is 0 Å². The lowest BCUT2D eigenvalue weighted by molar-refractivity contribution is 0.0955. The summed E-state index contributed by atoms with van der Waals surface area (Å²) >= 11 is 0. The van der Waals surface area contributed by atoms with E-state index in [1.807, 2.05) is 30.3 Å². The molecule has 8 heteroatoms. The zero-order chi connectivity index (χ0) is 25.4. The second kappa shape index (κ2) is 11.3. The van der Waals surface area contributed by atoms with E-state index in [4.69, 9.17) is 0 Å². The number of rotatable bonds is 9. The van der Waals surface area contributed by atoms with Crippen LogP contribution in [0, 0.1) is 0 Å². The second-order valence-corrected chi connectivity index (χ2v) is 9.64. The fraction of sp³-hybridized carbons (Fsp3) is 0.0714. The Morgan fingerprint density at radius 1 is 0.611 bits per heavy atom. The van der Waals surface area contributed by atoms with Crippen LogP contribution < -0.4 is 15.4 Å². The van der Waals surface area contributed by atoms with Crippen LogP contribution >= 0.6 is 0 Å². The van der Waals surface area contributed by atoms with Gasteiger partial charge in [-0.05, 0) is 48.4 Å². The summed E-state index contributed by atoms with van der Waals surface area (Å²) in [5.41, 5.74) is 1.98. The number of sulfonamides is 1. The molecule has 0 saturated heterocycles. The molecule has 7 nitrogen and oxygen atoms in total. The Hall–Kier alpha value is -4.43. The molecule has 0 atom stereocenters. The molecule has 0 radical (unpaired) electrons. The first-order valence-electron chi connectivity index (χ1n) is 11.3. The lowest BCUT2D eigenvalue weighted by Crippen LogP contribution is -2.27. The molecule has 0 aromatic heterocycles. The van der Waals surface area contributed by atoms with Gasteiger partial charge in [0.2, 0.25) is 0 Å². The van der Waals surface area contributed by atoms with Gasteiger partial charge in [0.25, 0.3) is 21.8 Å². The molecule has 4 aromatic rings. The van der Waals surface area contributed by atoms with Crippen LogP contribution in [0.5, 0.6) is 0 Å². The van der Waals surface area contributed by atoms with Crippen molar-refractivity contribution in [3.63, 3.8) is 0 Å². The van der Waals surface area contributed by atoms with Crippen molar-refractivity contribution in [2.24, 2.45) is 0 Å². The Morgan fingerprint density at radius 3 is 1.81 bits per heavy atom. The van der Waals surface area contributed by atoms with Gasteiger partial charge in [0.05, 0.1) is 27.4 Å². The van der Waals surface area contributed by atoms with Crippen molar-refractivity contribution >= 4 is 33.2 Å². The predicted octanol–water partition coefficient (Wildman–Crippen LogP) is 4.71. The van der Waals surface area contributed by atoms with Crippen LogP contribution in [0.4, 0.5) is 11.4 Å². The van der Waals surface area contributed by atoms with Gasteiger partial charge in [-0.25, -0.2) is 8.42 Å². The molecule has 4 aromatic carbocycles. The molecule has 36 heavy (non-hydrogen) atoms. The lowest BCUT2D eigenvalue weighted by Gasteiger charge is -2.14. The van der Waals surface area contributed by atoms with Crippen molar-refractivity contribution < 1.29 is 18.0 Å². The third-order valence-electron chi connectivity index (χ3n) is 5.43. The summed E-state index contributed by atoms with van der Waals surface area (Å²) in [5.74, 6) is -0.870. The van der Waals surface area contributed by atoms with Crippen molar-refractivity contribution in [1.29, 1.82) is 0 Å². The van der Waals surface area contributed by atoms with Gasteiger partial charge < -0.3 is 10.6 Å². The van der Waals surface area contributed by atoms with Crippen molar-refractivity contribution in [3.8, 4) is 0 Å². The largest absolute Gasteiger partial charge is 0.352 e. The molecule has 4 rings (SSSR count). The number of hydrogen-bond donors (Lipinski definition) is 3. The van der Waals surface area contributed by atoms with E-state index in [9.17, 15) is 18.0 Å². The Morgan fingerprint density at radius 2 is 1.14 bits per heavy atom. The maximum Gasteiger partial charge on any atom is 0.261 e. The molecule has 2 amide bonds. The van der Waals surface area contributed by atoms with E-state index in [0.29, 0.717) is 24.2 Å². The van der Waals surface area contributed by atoms with Crippen molar-refractivity contribution in [2.45, 2.75) is 11.3 Å². The van der Waals surface area contributed by atoms with E-state index in [1.54, 1.807) is 54.6 Å². The summed E-state index contributed by atoms with van der Waals surface area (Å²) in [7, 11) is -3.89. The fourth-order valence-electron chi connectivity index (χ4n) is 3.61. The average molecular weight is 500 g/mol. The molecular weight excluding hydrogens is 474 g/mol. The number of hydrogen-bond acceptors (Lipinski definition) is 4. The maximum atomic E-state index is 13.2. The monoisotopic (exact) mass is 499 g/mol. The normalized spacial score (nSPS) is 10.9. The highest BCUT2D eigenvalue weighted by atomic mass is 32.2. The van der Waals surface area contributed by atoms with Gasteiger partial charge in [-0.15, -0.1) is 0 Å². The Kier molecular flexibility index (Phi) is 7.77. The molecule has 0 aliphatic rings. The summed E-state index contributed by atoms with van der Waals surface area (Å²) < 4.78 is 28.1. The smallest absolute Gasteiger partial charge is 0.261 e. The van der Waals surface area contributed by atoms with Crippen LogP contribution in [-0.4, -0.2) is 26.8 Å². The number of amides is 2. The summed E-state index contributed by atoms with van der Waals surface area (Å²) in [5, 5.41) is 5.63. The van der Waals surface area contributed by atoms with Gasteiger partial charge in [-0.2, -0.15) is 0 Å². The Balaban J connectivity index is 1.48. The van der Waals surface area contributed by atoms with E-state index in [0.717, 1.165) is 5.56 Å². The SMILES string of the molecule is O=C(NCCc1ccccc1)c1ccccc1NC(=O)c1ccccc1NS(=O)(=O)c1ccccc1. The van der Waals surface area contributed by atoms with E-state index < -0.39 is 15.9 Å². The summed E-state index contributed by atoms with van der Waals surface area (Å²) in [6, 6.07) is 30.7. The second-order valence-electron chi connectivity index (χ2n) is 7.96. The molecular formula is C28H25N3O4S. The average Bonchev–Trinajstić information content (AvgIpc) is 2.90. The Bertz CT molecular complexity index is 1460. The molecule has 0 spiro atoms. The Labute approximate surface area is 210 Å². The third-order valence-corrected chi connectivity index (χ3v) is 6.81. The van der Waals surface area contributed by atoms with Gasteiger partial charge in [0.1, 0.15) is 0 Å². The number of benzene rings is 4. The van der Waals surface area contributed by atoms with Crippen molar-refractivity contribution in [1.82, 2.24) is 5.32 Å².